The molecule has 1 fully saturated rings. The Morgan fingerprint density at radius 2 is 1.89 bits per heavy atom. The molecule has 0 radical (unpaired) electrons. The van der Waals surface area contributed by atoms with Crippen molar-refractivity contribution < 1.29 is 4.74 Å². The number of benzene rings is 1. The highest BCUT2D eigenvalue weighted by Crippen LogP contribution is 2.23. The molecule has 3 nitrogen and oxygen atoms in total. The molecule has 0 bridgehead atoms. The van der Waals surface area contributed by atoms with Crippen LogP contribution in [0.4, 0.5) is 0 Å². The standard InChI is InChI=1S/C15H22N2O/c1-18-14-9-7-12(8-10-14)11-17-15(16)13-5-3-2-4-6-13/h7-10,13H,2-6,11H2,1H3,(H2,16,17). The van der Waals surface area contributed by atoms with Crippen molar-refractivity contribution in [3.8, 4) is 5.75 Å². The molecule has 0 atom stereocenters. The van der Waals surface area contributed by atoms with Crippen molar-refractivity contribution in [2.24, 2.45) is 16.6 Å². The van der Waals surface area contributed by atoms with Gasteiger partial charge in [0.25, 0.3) is 0 Å². The van der Waals surface area contributed by atoms with E-state index in [1.807, 2.05) is 24.3 Å². The van der Waals surface area contributed by atoms with Crippen LogP contribution in [0.2, 0.25) is 0 Å². The highest BCUT2D eigenvalue weighted by molar-refractivity contribution is 5.82. The maximum absolute atomic E-state index is 6.08. The number of nitrogens with two attached hydrogens (primary N) is 1. The first-order valence-corrected chi connectivity index (χ1v) is 6.72. The number of methoxy groups -OCH3 is 1. The Bertz CT molecular complexity index is 391. The Morgan fingerprint density at radius 1 is 1.22 bits per heavy atom. The van der Waals surface area contributed by atoms with Gasteiger partial charge >= 0.3 is 0 Å². The highest BCUT2D eigenvalue weighted by Gasteiger charge is 2.16. The number of hydrogen-bond donors (Lipinski definition) is 1. The van der Waals surface area contributed by atoms with Crippen molar-refractivity contribution in [1.82, 2.24) is 0 Å². The number of amidine groups is 1. The third-order valence-electron chi connectivity index (χ3n) is 3.63. The molecule has 1 aliphatic rings. The van der Waals surface area contributed by atoms with Crippen LogP contribution in [0.5, 0.6) is 5.75 Å². The van der Waals surface area contributed by atoms with Crippen LogP contribution >= 0.6 is 0 Å². The van der Waals surface area contributed by atoms with E-state index in [0.717, 1.165) is 11.6 Å². The van der Waals surface area contributed by atoms with Crippen molar-refractivity contribution in [3.63, 3.8) is 0 Å². The van der Waals surface area contributed by atoms with Gasteiger partial charge in [-0.3, -0.25) is 4.99 Å². The molecule has 1 aromatic rings. The highest BCUT2D eigenvalue weighted by atomic mass is 16.5. The lowest BCUT2D eigenvalue weighted by Gasteiger charge is -2.20. The van der Waals surface area contributed by atoms with E-state index in [-0.39, 0.29) is 0 Å². The van der Waals surface area contributed by atoms with E-state index in [4.69, 9.17) is 10.5 Å². The van der Waals surface area contributed by atoms with Crippen LogP contribution in [0.15, 0.2) is 29.3 Å². The summed E-state index contributed by atoms with van der Waals surface area (Å²) in [7, 11) is 1.67. The molecular formula is C15H22N2O. The van der Waals surface area contributed by atoms with E-state index in [0.29, 0.717) is 12.5 Å². The summed E-state index contributed by atoms with van der Waals surface area (Å²) in [6.07, 6.45) is 6.35. The lowest BCUT2D eigenvalue weighted by molar-refractivity contribution is 0.414. The van der Waals surface area contributed by atoms with E-state index >= 15 is 0 Å². The summed E-state index contributed by atoms with van der Waals surface area (Å²) in [5.74, 6) is 2.23. The van der Waals surface area contributed by atoms with Gasteiger partial charge in [0, 0.05) is 5.92 Å². The van der Waals surface area contributed by atoms with Crippen molar-refractivity contribution >= 4 is 5.84 Å². The van der Waals surface area contributed by atoms with Gasteiger partial charge in [-0.1, -0.05) is 31.4 Å². The van der Waals surface area contributed by atoms with Crippen LogP contribution in [-0.2, 0) is 6.54 Å². The normalized spacial score (nSPS) is 17.7. The smallest absolute Gasteiger partial charge is 0.118 e. The van der Waals surface area contributed by atoms with E-state index in [2.05, 4.69) is 4.99 Å². The monoisotopic (exact) mass is 246 g/mol. The molecule has 1 aliphatic carbocycles. The topological polar surface area (TPSA) is 47.6 Å². The zero-order valence-corrected chi connectivity index (χ0v) is 11.1. The zero-order valence-electron chi connectivity index (χ0n) is 11.1. The fourth-order valence-electron chi connectivity index (χ4n) is 2.44. The summed E-state index contributed by atoms with van der Waals surface area (Å²) < 4.78 is 5.13. The van der Waals surface area contributed by atoms with Crippen molar-refractivity contribution in [3.05, 3.63) is 29.8 Å². The van der Waals surface area contributed by atoms with Gasteiger partial charge in [0.2, 0.25) is 0 Å². The van der Waals surface area contributed by atoms with Gasteiger partial charge in [0.1, 0.15) is 5.75 Å². The Kier molecular flexibility index (Phi) is 4.62. The Morgan fingerprint density at radius 3 is 2.50 bits per heavy atom. The summed E-state index contributed by atoms with van der Waals surface area (Å²) in [4.78, 5) is 4.53. The van der Waals surface area contributed by atoms with Gasteiger partial charge < -0.3 is 10.5 Å². The third kappa shape index (κ3) is 3.49. The van der Waals surface area contributed by atoms with Crippen LogP contribution in [0.25, 0.3) is 0 Å². The molecule has 0 amide bonds. The molecule has 0 aliphatic heterocycles. The van der Waals surface area contributed by atoms with E-state index in [9.17, 15) is 0 Å². The van der Waals surface area contributed by atoms with E-state index < -0.39 is 0 Å². The first kappa shape index (κ1) is 12.9. The molecule has 2 N–H and O–H groups in total. The van der Waals surface area contributed by atoms with Gasteiger partial charge in [0.05, 0.1) is 19.5 Å². The lowest BCUT2D eigenvalue weighted by Crippen LogP contribution is -2.25. The van der Waals surface area contributed by atoms with Crippen LogP contribution < -0.4 is 10.5 Å². The molecule has 0 spiro atoms. The minimum atomic E-state index is 0.511. The van der Waals surface area contributed by atoms with Crippen molar-refractivity contribution in [1.29, 1.82) is 0 Å². The molecular weight excluding hydrogens is 224 g/mol. The largest absolute Gasteiger partial charge is 0.497 e. The summed E-state index contributed by atoms with van der Waals surface area (Å²) in [5.41, 5.74) is 7.25. The Balaban J connectivity index is 1.91. The Labute approximate surface area is 109 Å². The third-order valence-corrected chi connectivity index (χ3v) is 3.63. The van der Waals surface area contributed by atoms with E-state index in [1.54, 1.807) is 7.11 Å². The maximum Gasteiger partial charge on any atom is 0.118 e. The molecule has 0 unspecified atom stereocenters. The predicted molar refractivity (Wildman–Crippen MR) is 74.9 cm³/mol. The summed E-state index contributed by atoms with van der Waals surface area (Å²) in [5, 5.41) is 0. The SMILES string of the molecule is COc1ccc(CN=C(N)C2CCCCC2)cc1. The minimum Gasteiger partial charge on any atom is -0.497 e. The molecule has 0 aromatic heterocycles. The number of aliphatic imine (C=N–C) groups is 1. The predicted octanol–water partition coefficient (Wildman–Crippen LogP) is 3.13. The van der Waals surface area contributed by atoms with Crippen LogP contribution in [0, 0.1) is 5.92 Å². The van der Waals surface area contributed by atoms with Gasteiger partial charge in [-0.15, -0.1) is 0 Å². The van der Waals surface area contributed by atoms with Crippen molar-refractivity contribution in [2.45, 2.75) is 38.6 Å². The number of rotatable bonds is 4. The maximum atomic E-state index is 6.08. The fraction of sp³-hybridized carbons (Fsp3) is 0.533. The minimum absolute atomic E-state index is 0.511. The molecule has 18 heavy (non-hydrogen) atoms. The van der Waals surface area contributed by atoms with E-state index in [1.165, 1.54) is 37.7 Å². The van der Waals surface area contributed by atoms with Gasteiger partial charge in [-0.05, 0) is 30.5 Å². The van der Waals surface area contributed by atoms with Crippen molar-refractivity contribution in [2.75, 3.05) is 7.11 Å². The Hall–Kier alpha value is -1.51. The second kappa shape index (κ2) is 6.43. The lowest BCUT2D eigenvalue weighted by atomic mass is 9.88. The average Bonchev–Trinajstić information content (AvgIpc) is 2.46. The molecule has 98 valence electrons. The van der Waals surface area contributed by atoms with Crippen LogP contribution in [-0.4, -0.2) is 12.9 Å². The first-order valence-electron chi connectivity index (χ1n) is 6.72. The first-order chi connectivity index (χ1) is 8.79. The van der Waals surface area contributed by atoms with Gasteiger partial charge in [-0.2, -0.15) is 0 Å². The van der Waals surface area contributed by atoms with Crippen LogP contribution in [0.1, 0.15) is 37.7 Å². The van der Waals surface area contributed by atoms with Gasteiger partial charge in [-0.25, -0.2) is 0 Å². The second-order valence-corrected chi connectivity index (χ2v) is 4.92. The number of hydrogen-bond acceptors (Lipinski definition) is 2. The second-order valence-electron chi connectivity index (χ2n) is 4.92. The van der Waals surface area contributed by atoms with Gasteiger partial charge in [0.15, 0.2) is 0 Å². The molecule has 0 saturated heterocycles. The van der Waals surface area contributed by atoms with Crippen LogP contribution in [0.3, 0.4) is 0 Å². The molecule has 1 saturated carbocycles. The average molecular weight is 246 g/mol. The molecule has 1 aromatic carbocycles. The molecule has 0 heterocycles. The summed E-state index contributed by atoms with van der Waals surface area (Å²) >= 11 is 0. The number of nitrogens with zero attached hydrogens (tertiary/aromatic N) is 1. The molecule has 3 heteroatoms. The number of ether oxygens (including phenoxy) is 1. The molecule has 2 rings (SSSR count). The summed E-state index contributed by atoms with van der Waals surface area (Å²) in [6.45, 7) is 0.673. The summed E-state index contributed by atoms with van der Waals surface area (Å²) in [6, 6.07) is 8.00. The zero-order chi connectivity index (χ0) is 12.8. The quantitative estimate of drug-likeness (QED) is 0.655. The fourth-order valence-corrected chi connectivity index (χ4v) is 2.44.